The predicted molar refractivity (Wildman–Crippen MR) is 247 cm³/mol. The van der Waals surface area contributed by atoms with Gasteiger partial charge >= 0.3 is 0 Å². The molecule has 0 spiro atoms. The van der Waals surface area contributed by atoms with Gasteiger partial charge in [0.15, 0.2) is 0 Å². The average Bonchev–Trinajstić information content (AvgIpc) is 3.17. The first kappa shape index (κ1) is 56.7. The maximum atomic E-state index is 12.8. The molecule has 8 nitrogen and oxygen atoms in total. The first-order valence-electron chi connectivity index (χ1n) is 24.4. The number of carbonyl (C=O) groups excluding carboxylic acids is 1. The second kappa shape index (κ2) is 41.1. The normalized spacial score (nSPS) is 14.5. The van der Waals surface area contributed by atoms with E-state index in [9.17, 15) is 19.4 Å². The van der Waals surface area contributed by atoms with Gasteiger partial charge in [0, 0.05) is 6.42 Å². The Morgan fingerprint density at radius 3 is 1.41 bits per heavy atom. The van der Waals surface area contributed by atoms with E-state index < -0.39 is 26.6 Å². The molecule has 2 N–H and O–H groups in total. The molecule has 0 bridgehead atoms. The molecule has 3 atom stereocenters. The zero-order valence-electron chi connectivity index (χ0n) is 38.8. The minimum absolute atomic E-state index is 0.00782. The van der Waals surface area contributed by atoms with Gasteiger partial charge < -0.3 is 28.8 Å². The molecule has 0 aliphatic carbocycles. The summed E-state index contributed by atoms with van der Waals surface area (Å²) in [6, 6.07) is -0.906. The molecule has 0 aliphatic heterocycles. The highest BCUT2D eigenvalue weighted by Crippen LogP contribution is 2.38. The maximum absolute atomic E-state index is 12.8. The van der Waals surface area contributed by atoms with Crippen molar-refractivity contribution in [2.75, 3.05) is 40.9 Å². The Hall–Kier alpha value is -1.28. The molecule has 0 aromatic heterocycles. The summed E-state index contributed by atoms with van der Waals surface area (Å²) in [4.78, 5) is 25.3. The lowest BCUT2D eigenvalue weighted by Gasteiger charge is -2.29. The third kappa shape index (κ3) is 42.8. The van der Waals surface area contributed by atoms with Gasteiger partial charge in [0.25, 0.3) is 7.82 Å². The van der Waals surface area contributed by atoms with Crippen LogP contribution >= 0.6 is 7.82 Å². The van der Waals surface area contributed by atoms with Crippen LogP contribution in [0.25, 0.3) is 0 Å². The zero-order chi connectivity index (χ0) is 42.8. The van der Waals surface area contributed by atoms with Crippen molar-refractivity contribution >= 4 is 13.7 Å². The number of likely N-dealkylation sites (N-methyl/N-ethyl adjacent to an activating group) is 1. The fourth-order valence-electron chi connectivity index (χ4n) is 6.93. The number of aliphatic hydroxyl groups is 1. The molecule has 0 saturated carbocycles. The Morgan fingerprint density at radius 2 is 0.966 bits per heavy atom. The van der Waals surface area contributed by atoms with Crippen molar-refractivity contribution in [3.63, 3.8) is 0 Å². The van der Waals surface area contributed by atoms with Crippen molar-refractivity contribution in [1.82, 2.24) is 5.32 Å². The van der Waals surface area contributed by atoms with Crippen LogP contribution in [0.1, 0.15) is 219 Å². The number of phosphoric acid groups is 1. The molecule has 0 fully saturated rings. The Bertz CT molecular complexity index is 1040. The largest absolute Gasteiger partial charge is 0.756 e. The number of unbranched alkanes of at least 4 members (excludes halogenated alkanes) is 27. The van der Waals surface area contributed by atoms with Crippen LogP contribution in [0.5, 0.6) is 0 Å². The first-order valence-corrected chi connectivity index (χ1v) is 25.8. The van der Waals surface area contributed by atoms with Crippen LogP contribution in [0.3, 0.4) is 0 Å². The van der Waals surface area contributed by atoms with E-state index >= 15 is 0 Å². The van der Waals surface area contributed by atoms with Crippen molar-refractivity contribution in [3.8, 4) is 0 Å². The first-order chi connectivity index (χ1) is 28.0. The van der Waals surface area contributed by atoms with Gasteiger partial charge in [-0.3, -0.25) is 9.36 Å². The lowest BCUT2D eigenvalue weighted by atomic mass is 10.0. The topological polar surface area (TPSA) is 108 Å². The fraction of sp³-hybridized carbons (Fsp3) is 0.857. The molecule has 3 unspecified atom stereocenters. The molecule has 0 rings (SSSR count). The van der Waals surface area contributed by atoms with E-state index in [-0.39, 0.29) is 12.5 Å². The second-order valence-electron chi connectivity index (χ2n) is 17.8. The van der Waals surface area contributed by atoms with Crippen molar-refractivity contribution in [3.05, 3.63) is 36.5 Å². The van der Waals surface area contributed by atoms with Gasteiger partial charge in [-0.1, -0.05) is 192 Å². The predicted octanol–water partition coefficient (Wildman–Crippen LogP) is 13.2. The summed E-state index contributed by atoms with van der Waals surface area (Å²) in [6.45, 7) is 4.61. The SMILES string of the molecule is CCCCCC/C=C\CCCCCCCC(=O)NC(COP(=O)([O-])OCC[N+](C)(C)C)C(O)/C=C/CC/C=C/CCCCCCCCCCCCCCCCCCC. The number of carbonyl (C=O) groups is 1. The smallest absolute Gasteiger partial charge is 0.268 e. The molecule has 0 aromatic rings. The summed E-state index contributed by atoms with van der Waals surface area (Å²) in [5, 5.41) is 13.8. The number of aliphatic hydroxyl groups excluding tert-OH is 1. The summed E-state index contributed by atoms with van der Waals surface area (Å²) in [5.41, 5.74) is 0. The van der Waals surface area contributed by atoms with Crippen molar-refractivity contribution in [2.24, 2.45) is 0 Å². The van der Waals surface area contributed by atoms with Gasteiger partial charge in [-0.25, -0.2) is 0 Å². The van der Waals surface area contributed by atoms with Crippen LogP contribution in [0.4, 0.5) is 0 Å². The molecule has 58 heavy (non-hydrogen) atoms. The molecule has 9 heteroatoms. The van der Waals surface area contributed by atoms with Crippen molar-refractivity contribution in [1.29, 1.82) is 0 Å². The quantitative estimate of drug-likeness (QED) is 0.0274. The van der Waals surface area contributed by atoms with E-state index in [0.29, 0.717) is 17.4 Å². The molecule has 1 amide bonds. The summed E-state index contributed by atoms with van der Waals surface area (Å²) in [5.74, 6) is -0.217. The van der Waals surface area contributed by atoms with Gasteiger partial charge in [-0.2, -0.15) is 0 Å². The molecular formula is C49H95N2O6P. The molecule has 0 saturated heterocycles. The van der Waals surface area contributed by atoms with Crippen LogP contribution in [0, 0.1) is 0 Å². The van der Waals surface area contributed by atoms with Gasteiger partial charge in [-0.05, 0) is 57.8 Å². The van der Waals surface area contributed by atoms with Crippen LogP contribution in [0.15, 0.2) is 36.5 Å². The second-order valence-corrected chi connectivity index (χ2v) is 19.2. The minimum Gasteiger partial charge on any atom is -0.756 e. The molecule has 0 aliphatic rings. The highest BCUT2D eigenvalue weighted by molar-refractivity contribution is 7.45. The Balaban J connectivity index is 4.35. The van der Waals surface area contributed by atoms with E-state index in [1.54, 1.807) is 6.08 Å². The van der Waals surface area contributed by atoms with E-state index in [0.717, 1.165) is 57.8 Å². The van der Waals surface area contributed by atoms with Gasteiger partial charge in [0.1, 0.15) is 13.2 Å². The van der Waals surface area contributed by atoms with Crippen LogP contribution < -0.4 is 10.2 Å². The number of quaternary nitrogens is 1. The third-order valence-electron chi connectivity index (χ3n) is 10.8. The van der Waals surface area contributed by atoms with Gasteiger partial charge in [0.2, 0.25) is 5.91 Å². The Kier molecular flexibility index (Phi) is 40.2. The fourth-order valence-corrected chi connectivity index (χ4v) is 7.65. The Labute approximate surface area is 359 Å². The third-order valence-corrected chi connectivity index (χ3v) is 11.8. The highest BCUT2D eigenvalue weighted by Gasteiger charge is 2.23. The summed E-state index contributed by atoms with van der Waals surface area (Å²) < 4.78 is 23.2. The van der Waals surface area contributed by atoms with E-state index in [4.69, 9.17) is 9.05 Å². The molecule has 0 heterocycles. The number of amides is 1. The number of hydrogen-bond acceptors (Lipinski definition) is 6. The van der Waals surface area contributed by atoms with Crippen LogP contribution in [-0.2, 0) is 18.4 Å². The van der Waals surface area contributed by atoms with E-state index in [1.807, 2.05) is 27.2 Å². The molecular weight excluding hydrogens is 744 g/mol. The summed E-state index contributed by atoms with van der Waals surface area (Å²) in [7, 11) is 1.24. The standard InChI is InChI=1S/C49H95N2O6P/c1-6-8-10-12-14-16-18-20-21-22-23-24-25-26-27-28-29-31-32-34-36-38-40-42-48(52)47(46-57-58(54,55)56-45-44-51(3,4)5)50-49(53)43-41-39-37-35-33-30-19-17-15-13-11-9-7-2/h17,19,32,34,40,42,47-48,52H,6-16,18,20-31,33,35-39,41,43-46H2,1-5H3,(H-,50,53,54,55)/b19-17-,34-32+,42-40+. The number of allylic oxidation sites excluding steroid dienone is 5. The van der Waals surface area contributed by atoms with Crippen molar-refractivity contribution < 1.29 is 32.9 Å². The maximum Gasteiger partial charge on any atom is 0.268 e. The average molecular weight is 839 g/mol. The number of rotatable bonds is 44. The lowest BCUT2D eigenvalue weighted by molar-refractivity contribution is -0.870. The number of nitrogens with zero attached hydrogens (tertiary/aromatic N) is 1. The highest BCUT2D eigenvalue weighted by atomic mass is 31.2. The van der Waals surface area contributed by atoms with Gasteiger partial charge in [-0.15, -0.1) is 0 Å². The number of nitrogens with one attached hydrogen (secondary N) is 1. The molecule has 342 valence electrons. The van der Waals surface area contributed by atoms with Gasteiger partial charge in [0.05, 0.1) is 39.9 Å². The zero-order valence-corrected chi connectivity index (χ0v) is 39.6. The van der Waals surface area contributed by atoms with Crippen LogP contribution in [0.2, 0.25) is 0 Å². The number of hydrogen-bond donors (Lipinski definition) is 2. The summed E-state index contributed by atoms with van der Waals surface area (Å²) >= 11 is 0. The van der Waals surface area contributed by atoms with E-state index in [1.165, 1.54) is 141 Å². The van der Waals surface area contributed by atoms with Crippen LogP contribution in [-0.4, -0.2) is 68.5 Å². The monoisotopic (exact) mass is 839 g/mol. The number of phosphoric ester groups is 1. The lowest BCUT2D eigenvalue weighted by Crippen LogP contribution is -2.45. The summed E-state index contributed by atoms with van der Waals surface area (Å²) in [6.07, 6.45) is 50.6. The molecule has 0 radical (unpaired) electrons. The Morgan fingerprint density at radius 1 is 0.586 bits per heavy atom. The molecule has 0 aromatic carbocycles. The van der Waals surface area contributed by atoms with E-state index in [2.05, 4.69) is 43.5 Å². The minimum atomic E-state index is -4.60. The van der Waals surface area contributed by atoms with Crippen molar-refractivity contribution in [2.45, 2.75) is 231 Å².